The van der Waals surface area contributed by atoms with Crippen LogP contribution in [0.15, 0.2) is 83.5 Å². The Morgan fingerprint density at radius 3 is 2.25 bits per heavy atom. The third-order valence-electron chi connectivity index (χ3n) is 3.72. The van der Waals surface area contributed by atoms with Gasteiger partial charge < -0.3 is 4.42 Å². The molecular weight excluding hydrogens is 374 g/mol. The van der Waals surface area contributed by atoms with Gasteiger partial charge in [-0.25, -0.2) is 0 Å². The van der Waals surface area contributed by atoms with E-state index in [0.717, 1.165) is 11.1 Å². The van der Waals surface area contributed by atoms with Crippen LogP contribution in [0.5, 0.6) is 0 Å². The molecule has 0 atom stereocenters. The van der Waals surface area contributed by atoms with Crippen LogP contribution < -0.4 is 16.2 Å². The van der Waals surface area contributed by atoms with Crippen LogP contribution in [-0.4, -0.2) is 16.9 Å². The fraction of sp³-hybridized carbons (Fsp3) is 0. The maximum Gasteiger partial charge on any atom is 0.269 e. The second kappa shape index (κ2) is 9.29. The molecule has 140 valence electrons. The van der Waals surface area contributed by atoms with Crippen molar-refractivity contribution < 1.29 is 14.0 Å². The van der Waals surface area contributed by atoms with Gasteiger partial charge >= 0.3 is 0 Å². The minimum Gasteiger partial charge on any atom is -0.465 e. The van der Waals surface area contributed by atoms with Crippen LogP contribution in [0.4, 0.5) is 0 Å². The highest BCUT2D eigenvalue weighted by molar-refractivity contribution is 7.80. The summed E-state index contributed by atoms with van der Waals surface area (Å²) in [5.74, 6) is -0.279. The van der Waals surface area contributed by atoms with Crippen molar-refractivity contribution in [3.05, 3.63) is 90.4 Å². The Morgan fingerprint density at radius 2 is 1.57 bits per heavy atom. The molecule has 3 aromatic rings. The van der Waals surface area contributed by atoms with E-state index in [9.17, 15) is 9.59 Å². The highest BCUT2D eigenvalue weighted by atomic mass is 32.1. The summed E-state index contributed by atoms with van der Waals surface area (Å²) in [6.07, 6.45) is 4.29. The van der Waals surface area contributed by atoms with Crippen LogP contribution in [0.25, 0.3) is 17.2 Å². The minimum absolute atomic E-state index is 0.0247. The Balaban J connectivity index is 1.48. The summed E-state index contributed by atoms with van der Waals surface area (Å²) in [4.78, 5) is 23.9. The van der Waals surface area contributed by atoms with Crippen LogP contribution in [0, 0.1) is 0 Å². The number of amides is 2. The lowest BCUT2D eigenvalue weighted by molar-refractivity contribution is -0.115. The molecule has 0 radical (unpaired) electrons. The molecule has 0 fully saturated rings. The van der Waals surface area contributed by atoms with Gasteiger partial charge in [0.15, 0.2) is 5.11 Å². The molecule has 0 aliphatic carbocycles. The molecule has 1 heterocycles. The van der Waals surface area contributed by atoms with E-state index in [1.165, 1.54) is 18.4 Å². The molecule has 2 amide bonds. The predicted molar refractivity (Wildman–Crippen MR) is 111 cm³/mol. The van der Waals surface area contributed by atoms with Gasteiger partial charge in [-0.1, -0.05) is 42.5 Å². The molecule has 3 N–H and O–H groups in total. The largest absolute Gasteiger partial charge is 0.465 e. The Morgan fingerprint density at radius 1 is 0.857 bits per heavy atom. The van der Waals surface area contributed by atoms with E-state index < -0.39 is 5.91 Å². The summed E-state index contributed by atoms with van der Waals surface area (Å²) in [5.41, 5.74) is 7.48. The molecule has 0 aliphatic heterocycles. The van der Waals surface area contributed by atoms with Gasteiger partial charge in [0, 0.05) is 11.6 Å². The number of nitrogens with one attached hydrogen (secondary N) is 3. The molecule has 3 rings (SSSR count). The monoisotopic (exact) mass is 391 g/mol. The first kappa shape index (κ1) is 19.1. The van der Waals surface area contributed by atoms with Gasteiger partial charge in [-0.15, -0.1) is 0 Å². The molecule has 0 aliphatic rings. The molecule has 0 unspecified atom stereocenters. The Hall–Kier alpha value is -3.71. The van der Waals surface area contributed by atoms with Gasteiger partial charge in [-0.05, 0) is 53.7 Å². The zero-order chi connectivity index (χ0) is 19.8. The second-order valence-corrected chi connectivity index (χ2v) is 6.10. The number of hydrogen-bond donors (Lipinski definition) is 3. The van der Waals surface area contributed by atoms with Crippen molar-refractivity contribution in [2.75, 3.05) is 0 Å². The maximum atomic E-state index is 12.2. The van der Waals surface area contributed by atoms with E-state index in [-0.39, 0.29) is 11.0 Å². The number of carbonyl (C=O) groups excluding carboxylic acids is 2. The van der Waals surface area contributed by atoms with Crippen LogP contribution >= 0.6 is 12.2 Å². The van der Waals surface area contributed by atoms with Crippen molar-refractivity contribution >= 4 is 35.2 Å². The quantitative estimate of drug-likeness (QED) is 0.361. The van der Waals surface area contributed by atoms with Crippen molar-refractivity contribution in [2.45, 2.75) is 0 Å². The number of thiocarbonyl (C=S) groups is 1. The molecular formula is C21H17N3O3S. The summed E-state index contributed by atoms with van der Waals surface area (Å²) >= 11 is 4.98. The fourth-order valence-corrected chi connectivity index (χ4v) is 2.51. The Kier molecular flexibility index (Phi) is 6.33. The molecule has 1 aromatic heterocycles. The average molecular weight is 391 g/mol. The number of benzene rings is 2. The third kappa shape index (κ3) is 5.39. The number of hydrazine groups is 1. The first-order valence-corrected chi connectivity index (χ1v) is 8.81. The number of hydrogen-bond acceptors (Lipinski definition) is 4. The molecule has 0 saturated heterocycles. The smallest absolute Gasteiger partial charge is 0.269 e. The van der Waals surface area contributed by atoms with Crippen molar-refractivity contribution in [3.63, 3.8) is 0 Å². The number of rotatable bonds is 4. The molecule has 2 aromatic carbocycles. The predicted octanol–water partition coefficient (Wildman–Crippen LogP) is 3.30. The topological polar surface area (TPSA) is 83.4 Å². The maximum absolute atomic E-state index is 12.2. The second-order valence-electron chi connectivity index (χ2n) is 5.69. The first-order valence-electron chi connectivity index (χ1n) is 8.40. The number of furan rings is 1. The standard InChI is InChI=1S/C21H17N3O3S/c25-19(13-12-18-7-4-14-27-18)22-21(28)24-23-20(26)17-10-8-16(9-11-17)15-5-2-1-3-6-15/h1-14H,(H,23,26)(H2,22,24,25,28)/b13-12+. The van der Waals surface area contributed by atoms with Gasteiger partial charge in [0.05, 0.1) is 6.26 Å². The van der Waals surface area contributed by atoms with Gasteiger partial charge in [0.25, 0.3) is 5.91 Å². The van der Waals surface area contributed by atoms with Gasteiger partial charge in [0.2, 0.25) is 5.91 Å². The molecule has 0 saturated carbocycles. The molecule has 28 heavy (non-hydrogen) atoms. The SMILES string of the molecule is O=C(/C=C/c1ccco1)NC(=S)NNC(=O)c1ccc(-c2ccccc2)cc1. The van der Waals surface area contributed by atoms with Crippen LogP contribution in [0.1, 0.15) is 16.1 Å². The van der Waals surface area contributed by atoms with Crippen molar-refractivity contribution in [2.24, 2.45) is 0 Å². The number of carbonyl (C=O) groups is 2. The van der Waals surface area contributed by atoms with E-state index in [2.05, 4.69) is 16.2 Å². The van der Waals surface area contributed by atoms with Crippen molar-refractivity contribution in [1.82, 2.24) is 16.2 Å². The van der Waals surface area contributed by atoms with Crippen LogP contribution in [0.2, 0.25) is 0 Å². The van der Waals surface area contributed by atoms with Crippen LogP contribution in [-0.2, 0) is 4.79 Å². The van der Waals surface area contributed by atoms with Crippen LogP contribution in [0.3, 0.4) is 0 Å². The lowest BCUT2D eigenvalue weighted by atomic mass is 10.0. The summed E-state index contributed by atoms with van der Waals surface area (Å²) in [6, 6.07) is 20.4. The minimum atomic E-state index is -0.449. The van der Waals surface area contributed by atoms with E-state index in [4.69, 9.17) is 16.6 Å². The average Bonchev–Trinajstić information content (AvgIpc) is 3.25. The Bertz CT molecular complexity index is 982. The van der Waals surface area contributed by atoms with Crippen molar-refractivity contribution in [3.8, 4) is 11.1 Å². The van der Waals surface area contributed by atoms with Crippen molar-refractivity contribution in [1.29, 1.82) is 0 Å². The fourth-order valence-electron chi connectivity index (χ4n) is 2.36. The third-order valence-corrected chi connectivity index (χ3v) is 3.93. The first-order chi connectivity index (χ1) is 13.6. The highest BCUT2D eigenvalue weighted by Gasteiger charge is 2.07. The highest BCUT2D eigenvalue weighted by Crippen LogP contribution is 2.19. The summed E-state index contributed by atoms with van der Waals surface area (Å²) < 4.78 is 5.08. The summed E-state index contributed by atoms with van der Waals surface area (Å²) in [6.45, 7) is 0. The molecule has 0 spiro atoms. The van der Waals surface area contributed by atoms with Gasteiger partial charge in [0.1, 0.15) is 5.76 Å². The molecule has 6 nitrogen and oxygen atoms in total. The lowest BCUT2D eigenvalue weighted by Crippen LogP contribution is -2.48. The van der Waals surface area contributed by atoms with Gasteiger partial charge in [-0.3, -0.25) is 25.8 Å². The zero-order valence-electron chi connectivity index (χ0n) is 14.7. The normalized spacial score (nSPS) is 10.4. The van der Waals surface area contributed by atoms with E-state index in [0.29, 0.717) is 11.3 Å². The van der Waals surface area contributed by atoms with Gasteiger partial charge in [-0.2, -0.15) is 0 Å². The lowest BCUT2D eigenvalue weighted by Gasteiger charge is -2.10. The van der Waals surface area contributed by atoms with E-state index in [1.54, 1.807) is 24.3 Å². The molecule has 0 bridgehead atoms. The Labute approximate surface area is 167 Å². The van der Waals surface area contributed by atoms with E-state index >= 15 is 0 Å². The zero-order valence-corrected chi connectivity index (χ0v) is 15.5. The summed E-state index contributed by atoms with van der Waals surface area (Å²) in [7, 11) is 0. The van der Waals surface area contributed by atoms with E-state index in [1.807, 2.05) is 42.5 Å². The molecule has 7 heteroatoms. The summed E-state index contributed by atoms with van der Waals surface area (Å²) in [5, 5.41) is 2.39.